The van der Waals surface area contributed by atoms with E-state index in [1.807, 2.05) is 17.8 Å². The molecule has 0 aliphatic carbocycles. The summed E-state index contributed by atoms with van der Waals surface area (Å²) in [6, 6.07) is 2.99. The number of anilines is 1. The molecule has 0 saturated carbocycles. The van der Waals surface area contributed by atoms with Crippen molar-refractivity contribution in [1.82, 2.24) is 19.5 Å². The second-order valence-corrected chi connectivity index (χ2v) is 4.27. The van der Waals surface area contributed by atoms with Gasteiger partial charge in [-0.3, -0.25) is 0 Å². The van der Waals surface area contributed by atoms with E-state index in [9.17, 15) is 10.1 Å². The zero-order valence-electron chi connectivity index (χ0n) is 10.5. The number of aromatic nitrogens is 4. The number of nitrogens with two attached hydrogens (primary N) is 1. The Hall–Kier alpha value is -3.03. The molecule has 0 saturated heterocycles. The predicted molar refractivity (Wildman–Crippen MR) is 72.8 cm³/mol. The third-order valence-electron chi connectivity index (χ3n) is 3.03. The van der Waals surface area contributed by atoms with Crippen LogP contribution in [0, 0.1) is 10.1 Å². The van der Waals surface area contributed by atoms with Crippen LogP contribution in [0.5, 0.6) is 0 Å². The van der Waals surface area contributed by atoms with E-state index in [0.29, 0.717) is 16.9 Å². The summed E-state index contributed by atoms with van der Waals surface area (Å²) in [6.45, 7) is 0. The van der Waals surface area contributed by atoms with Gasteiger partial charge in [-0.25, -0.2) is 9.97 Å². The maximum atomic E-state index is 10.6. The van der Waals surface area contributed by atoms with Crippen molar-refractivity contribution in [2.45, 2.75) is 0 Å². The van der Waals surface area contributed by atoms with Gasteiger partial charge < -0.3 is 20.4 Å². The number of rotatable bonds is 2. The van der Waals surface area contributed by atoms with Gasteiger partial charge in [0.2, 0.25) is 0 Å². The van der Waals surface area contributed by atoms with E-state index >= 15 is 0 Å². The molecule has 20 heavy (non-hydrogen) atoms. The fraction of sp³-hybridized carbons (Fsp3) is 0.0833. The van der Waals surface area contributed by atoms with Gasteiger partial charge in [0.05, 0.1) is 5.39 Å². The zero-order valence-corrected chi connectivity index (χ0v) is 10.5. The van der Waals surface area contributed by atoms with Gasteiger partial charge in [-0.2, -0.15) is 0 Å². The Bertz CT molecular complexity index is 809. The van der Waals surface area contributed by atoms with Gasteiger partial charge in [0, 0.05) is 30.4 Å². The fourth-order valence-corrected chi connectivity index (χ4v) is 2.11. The lowest BCUT2D eigenvalue weighted by Gasteiger charge is -1.99. The second kappa shape index (κ2) is 4.26. The van der Waals surface area contributed by atoms with Crippen LogP contribution in [-0.4, -0.2) is 24.4 Å². The topological polar surface area (TPSA) is 113 Å². The third-order valence-corrected chi connectivity index (χ3v) is 3.03. The highest BCUT2D eigenvalue weighted by molar-refractivity contribution is 6.00. The standard InChI is InChI=1S/C12H10N6O2/c1-17-5-8(10-11(13)15-6-16-12(10)17)7-2-3-9(14-4-7)18(19)20/h2-6H,1H3,(H2,13,15,16). The molecule has 0 bridgehead atoms. The first kappa shape index (κ1) is 12.0. The molecule has 3 aromatic rings. The zero-order chi connectivity index (χ0) is 14.3. The minimum absolute atomic E-state index is 0.196. The number of hydrogen-bond donors (Lipinski definition) is 1. The van der Waals surface area contributed by atoms with Crippen LogP contribution in [0.15, 0.2) is 30.9 Å². The van der Waals surface area contributed by atoms with Gasteiger partial charge in [0.15, 0.2) is 0 Å². The van der Waals surface area contributed by atoms with Crippen LogP contribution in [0.4, 0.5) is 11.6 Å². The van der Waals surface area contributed by atoms with Crippen molar-refractivity contribution in [2.75, 3.05) is 5.73 Å². The van der Waals surface area contributed by atoms with Crippen molar-refractivity contribution in [3.05, 3.63) is 41.0 Å². The van der Waals surface area contributed by atoms with Crippen molar-refractivity contribution in [3.63, 3.8) is 0 Å². The van der Waals surface area contributed by atoms with Gasteiger partial charge in [0.25, 0.3) is 0 Å². The van der Waals surface area contributed by atoms with E-state index in [4.69, 9.17) is 5.73 Å². The number of pyridine rings is 1. The van der Waals surface area contributed by atoms with E-state index in [1.165, 1.54) is 18.6 Å². The SMILES string of the molecule is Cn1cc(-c2ccc([N+](=O)[O-])nc2)c2c(N)ncnc21. The van der Waals surface area contributed by atoms with Crippen LogP contribution in [0.3, 0.4) is 0 Å². The van der Waals surface area contributed by atoms with E-state index < -0.39 is 4.92 Å². The average Bonchev–Trinajstić information content (AvgIpc) is 2.78. The molecule has 2 N–H and O–H groups in total. The Morgan fingerprint density at radius 1 is 1.30 bits per heavy atom. The molecular formula is C12H10N6O2. The first-order chi connectivity index (χ1) is 9.58. The largest absolute Gasteiger partial charge is 0.383 e. The average molecular weight is 270 g/mol. The molecule has 0 aromatic carbocycles. The van der Waals surface area contributed by atoms with Gasteiger partial charge in [-0.05, 0) is 16.0 Å². The summed E-state index contributed by atoms with van der Waals surface area (Å²) >= 11 is 0. The van der Waals surface area contributed by atoms with Crippen molar-refractivity contribution in [1.29, 1.82) is 0 Å². The molecule has 0 spiro atoms. The highest BCUT2D eigenvalue weighted by Gasteiger charge is 2.15. The van der Waals surface area contributed by atoms with Gasteiger partial charge >= 0.3 is 5.82 Å². The Morgan fingerprint density at radius 2 is 2.10 bits per heavy atom. The maximum Gasteiger partial charge on any atom is 0.363 e. The number of hydrogen-bond acceptors (Lipinski definition) is 6. The smallest absolute Gasteiger partial charge is 0.363 e. The molecule has 0 radical (unpaired) electrons. The highest BCUT2D eigenvalue weighted by atomic mass is 16.6. The Balaban J connectivity index is 2.22. The van der Waals surface area contributed by atoms with Crippen molar-refractivity contribution >= 4 is 22.7 Å². The summed E-state index contributed by atoms with van der Waals surface area (Å²) < 4.78 is 1.82. The molecule has 100 valence electrons. The monoisotopic (exact) mass is 270 g/mol. The quantitative estimate of drug-likeness (QED) is 0.558. The van der Waals surface area contributed by atoms with Crippen LogP contribution in [0.25, 0.3) is 22.2 Å². The van der Waals surface area contributed by atoms with Crippen LogP contribution in [0.2, 0.25) is 0 Å². The maximum absolute atomic E-state index is 10.6. The molecule has 3 aromatic heterocycles. The number of nitrogens with zero attached hydrogens (tertiary/aromatic N) is 5. The molecule has 0 atom stereocenters. The van der Waals surface area contributed by atoms with E-state index in [0.717, 1.165) is 11.1 Å². The second-order valence-electron chi connectivity index (χ2n) is 4.27. The number of fused-ring (bicyclic) bond motifs is 1. The molecule has 8 nitrogen and oxygen atoms in total. The molecule has 3 rings (SSSR count). The van der Waals surface area contributed by atoms with E-state index in [2.05, 4.69) is 15.0 Å². The Kier molecular flexibility index (Phi) is 2.56. The molecule has 0 fully saturated rings. The Morgan fingerprint density at radius 3 is 2.75 bits per heavy atom. The summed E-state index contributed by atoms with van der Waals surface area (Å²) in [6.07, 6.45) is 4.69. The Labute approximate surface area is 113 Å². The predicted octanol–water partition coefficient (Wildman–Crippen LogP) is 1.52. The van der Waals surface area contributed by atoms with E-state index in [-0.39, 0.29) is 5.82 Å². The van der Waals surface area contributed by atoms with Gasteiger partial charge in [0.1, 0.15) is 24.0 Å². The number of aryl methyl sites for hydroxylation is 1. The normalized spacial score (nSPS) is 10.8. The summed E-state index contributed by atoms with van der Waals surface area (Å²) in [5.74, 6) is 0.169. The lowest BCUT2D eigenvalue weighted by molar-refractivity contribution is -0.389. The minimum Gasteiger partial charge on any atom is -0.383 e. The van der Waals surface area contributed by atoms with Crippen LogP contribution >= 0.6 is 0 Å². The summed E-state index contributed by atoms with van der Waals surface area (Å²) in [5.41, 5.74) is 8.11. The molecule has 3 heterocycles. The molecule has 8 heteroatoms. The highest BCUT2D eigenvalue weighted by Crippen LogP contribution is 2.31. The van der Waals surface area contributed by atoms with E-state index in [1.54, 1.807) is 6.07 Å². The fourth-order valence-electron chi connectivity index (χ4n) is 2.11. The molecule has 0 amide bonds. The molecule has 0 aliphatic heterocycles. The summed E-state index contributed by atoms with van der Waals surface area (Å²) in [4.78, 5) is 22.0. The number of nitro groups is 1. The van der Waals surface area contributed by atoms with Crippen LogP contribution in [-0.2, 0) is 7.05 Å². The third kappa shape index (κ3) is 1.74. The van der Waals surface area contributed by atoms with Gasteiger partial charge in [-0.15, -0.1) is 0 Å². The first-order valence-electron chi connectivity index (χ1n) is 5.74. The lowest BCUT2D eigenvalue weighted by atomic mass is 10.1. The number of nitrogen functional groups attached to an aromatic ring is 1. The van der Waals surface area contributed by atoms with Gasteiger partial charge in [-0.1, -0.05) is 0 Å². The summed E-state index contributed by atoms with van der Waals surface area (Å²) in [7, 11) is 1.84. The summed E-state index contributed by atoms with van der Waals surface area (Å²) in [5, 5.41) is 11.3. The molecule has 0 unspecified atom stereocenters. The van der Waals surface area contributed by atoms with Crippen LogP contribution < -0.4 is 5.73 Å². The first-order valence-corrected chi connectivity index (χ1v) is 5.74. The lowest BCUT2D eigenvalue weighted by Crippen LogP contribution is -1.94. The molecular weight excluding hydrogens is 260 g/mol. The van der Waals surface area contributed by atoms with Crippen molar-refractivity contribution in [2.24, 2.45) is 7.05 Å². The minimum atomic E-state index is -0.537. The van der Waals surface area contributed by atoms with Crippen LogP contribution in [0.1, 0.15) is 0 Å². The van der Waals surface area contributed by atoms with Crippen molar-refractivity contribution in [3.8, 4) is 11.1 Å². The van der Waals surface area contributed by atoms with Crippen molar-refractivity contribution < 1.29 is 4.92 Å². The molecule has 0 aliphatic rings.